The lowest BCUT2D eigenvalue weighted by Gasteiger charge is -2.08. The van der Waals surface area contributed by atoms with E-state index in [4.69, 9.17) is 0 Å². The molecule has 2 nitrogen and oxygen atoms in total. The SMILES string of the molecule is [O-][n+]1c(-c2ccccc2Br)ccc2ccccc21. The first kappa shape index (κ1) is 11.2. The Bertz CT molecular complexity index is 725. The van der Waals surface area contributed by atoms with E-state index >= 15 is 0 Å². The molecule has 3 heteroatoms. The van der Waals surface area contributed by atoms with Crippen LogP contribution in [0.5, 0.6) is 0 Å². The van der Waals surface area contributed by atoms with E-state index in [0.29, 0.717) is 11.2 Å². The normalized spacial score (nSPS) is 10.7. The summed E-state index contributed by atoms with van der Waals surface area (Å²) >= 11 is 3.48. The number of hydrogen-bond acceptors (Lipinski definition) is 1. The van der Waals surface area contributed by atoms with Crippen LogP contribution >= 0.6 is 15.9 Å². The van der Waals surface area contributed by atoms with Crippen LogP contribution in [0.15, 0.2) is 65.1 Å². The standard InChI is InChI=1S/C15H10BrNO/c16-13-7-3-2-6-12(13)15-10-9-11-5-1-4-8-14(11)17(15)18/h1-10H. The molecule has 0 saturated heterocycles. The van der Waals surface area contributed by atoms with Gasteiger partial charge in [-0.3, -0.25) is 0 Å². The predicted molar refractivity (Wildman–Crippen MR) is 76.0 cm³/mol. The minimum absolute atomic E-state index is 0.654. The third-order valence-electron chi connectivity index (χ3n) is 2.94. The number of halogens is 1. The van der Waals surface area contributed by atoms with Gasteiger partial charge in [0.25, 0.3) is 0 Å². The molecule has 0 amide bonds. The topological polar surface area (TPSA) is 26.9 Å². The number of benzene rings is 2. The van der Waals surface area contributed by atoms with Gasteiger partial charge in [0.05, 0.1) is 5.56 Å². The van der Waals surface area contributed by atoms with Crippen molar-refractivity contribution in [2.24, 2.45) is 0 Å². The molecule has 0 aliphatic carbocycles. The van der Waals surface area contributed by atoms with Gasteiger partial charge in [-0.25, -0.2) is 0 Å². The molecule has 18 heavy (non-hydrogen) atoms. The zero-order valence-corrected chi connectivity index (χ0v) is 11.1. The molecule has 1 heterocycles. The number of nitrogens with zero attached hydrogens (tertiary/aromatic N) is 1. The Labute approximate surface area is 113 Å². The molecule has 0 fully saturated rings. The number of para-hydroxylation sites is 1. The van der Waals surface area contributed by atoms with Crippen LogP contribution in [0.3, 0.4) is 0 Å². The maximum absolute atomic E-state index is 12.4. The lowest BCUT2D eigenvalue weighted by Crippen LogP contribution is -2.30. The summed E-state index contributed by atoms with van der Waals surface area (Å²) in [5.74, 6) is 0. The molecule has 0 saturated carbocycles. The first-order valence-corrected chi connectivity index (χ1v) is 6.43. The molecule has 88 valence electrons. The number of rotatable bonds is 1. The molecule has 0 N–H and O–H groups in total. The molecule has 0 bridgehead atoms. The fraction of sp³-hybridized carbons (Fsp3) is 0. The Kier molecular flexibility index (Phi) is 2.76. The van der Waals surface area contributed by atoms with Crippen LogP contribution in [0.4, 0.5) is 0 Å². The third-order valence-corrected chi connectivity index (χ3v) is 3.64. The summed E-state index contributed by atoms with van der Waals surface area (Å²) in [6, 6.07) is 19.1. The Morgan fingerprint density at radius 2 is 1.56 bits per heavy atom. The molecule has 0 atom stereocenters. The van der Waals surface area contributed by atoms with Crippen LogP contribution < -0.4 is 4.73 Å². The van der Waals surface area contributed by atoms with Gasteiger partial charge in [-0.2, -0.15) is 4.73 Å². The number of fused-ring (bicyclic) bond motifs is 1. The van der Waals surface area contributed by atoms with Crippen molar-refractivity contribution in [3.63, 3.8) is 0 Å². The van der Waals surface area contributed by atoms with Gasteiger partial charge >= 0.3 is 0 Å². The van der Waals surface area contributed by atoms with Crippen molar-refractivity contribution in [3.05, 3.63) is 70.3 Å². The average Bonchev–Trinajstić information content (AvgIpc) is 2.41. The minimum atomic E-state index is 0.654. The molecular formula is C15H10BrNO. The zero-order valence-electron chi connectivity index (χ0n) is 9.51. The maximum Gasteiger partial charge on any atom is 0.225 e. The highest BCUT2D eigenvalue weighted by molar-refractivity contribution is 9.10. The highest BCUT2D eigenvalue weighted by Gasteiger charge is 2.14. The van der Waals surface area contributed by atoms with Crippen LogP contribution in [0.25, 0.3) is 22.2 Å². The van der Waals surface area contributed by atoms with E-state index in [1.54, 1.807) is 0 Å². The van der Waals surface area contributed by atoms with Gasteiger partial charge in [-0.05, 0) is 40.2 Å². The quantitative estimate of drug-likeness (QED) is 0.494. The van der Waals surface area contributed by atoms with Gasteiger partial charge in [-0.15, -0.1) is 0 Å². The Hall–Kier alpha value is -1.87. The van der Waals surface area contributed by atoms with Gasteiger partial charge in [0.1, 0.15) is 0 Å². The molecule has 0 aliphatic heterocycles. The summed E-state index contributed by atoms with van der Waals surface area (Å²) in [6.07, 6.45) is 0. The van der Waals surface area contributed by atoms with Gasteiger partial charge in [0.2, 0.25) is 11.2 Å². The largest absolute Gasteiger partial charge is 0.618 e. The first-order valence-electron chi connectivity index (χ1n) is 5.63. The van der Waals surface area contributed by atoms with Gasteiger partial charge in [-0.1, -0.05) is 24.3 Å². The second kappa shape index (κ2) is 4.42. The van der Waals surface area contributed by atoms with Crippen molar-refractivity contribution in [3.8, 4) is 11.3 Å². The fourth-order valence-corrected chi connectivity index (χ4v) is 2.54. The maximum atomic E-state index is 12.4. The number of aromatic nitrogens is 1. The first-order chi connectivity index (χ1) is 8.77. The summed E-state index contributed by atoms with van der Waals surface area (Å²) < 4.78 is 1.90. The van der Waals surface area contributed by atoms with Crippen LogP contribution in [0, 0.1) is 5.21 Å². The summed E-state index contributed by atoms with van der Waals surface area (Å²) in [6.45, 7) is 0. The second-order valence-corrected chi connectivity index (χ2v) is 4.91. The lowest BCUT2D eigenvalue weighted by atomic mass is 10.1. The minimum Gasteiger partial charge on any atom is -0.618 e. The second-order valence-electron chi connectivity index (χ2n) is 4.05. The molecular weight excluding hydrogens is 290 g/mol. The molecule has 3 rings (SSSR count). The Balaban J connectivity index is 2.31. The number of hydrogen-bond donors (Lipinski definition) is 0. The van der Waals surface area contributed by atoms with E-state index in [-0.39, 0.29) is 0 Å². The molecule has 0 spiro atoms. The highest BCUT2D eigenvalue weighted by Crippen LogP contribution is 2.26. The smallest absolute Gasteiger partial charge is 0.225 e. The predicted octanol–water partition coefficient (Wildman–Crippen LogP) is 3.90. The van der Waals surface area contributed by atoms with Crippen LogP contribution in [-0.2, 0) is 0 Å². The van der Waals surface area contributed by atoms with Crippen molar-refractivity contribution in [2.45, 2.75) is 0 Å². The van der Waals surface area contributed by atoms with Crippen LogP contribution in [-0.4, -0.2) is 0 Å². The van der Waals surface area contributed by atoms with E-state index in [2.05, 4.69) is 15.9 Å². The molecule has 0 unspecified atom stereocenters. The number of pyridine rings is 1. The van der Waals surface area contributed by atoms with Gasteiger partial charge in [0.15, 0.2) is 0 Å². The monoisotopic (exact) mass is 299 g/mol. The summed E-state index contributed by atoms with van der Waals surface area (Å²) in [7, 11) is 0. The highest BCUT2D eigenvalue weighted by atomic mass is 79.9. The van der Waals surface area contributed by atoms with Crippen LogP contribution in [0.2, 0.25) is 0 Å². The summed E-state index contributed by atoms with van der Waals surface area (Å²) in [5, 5.41) is 13.3. The molecule has 0 radical (unpaired) electrons. The van der Waals surface area contributed by atoms with Gasteiger partial charge < -0.3 is 5.21 Å². The fourth-order valence-electron chi connectivity index (χ4n) is 2.05. The van der Waals surface area contributed by atoms with Gasteiger partial charge in [0, 0.05) is 22.0 Å². The van der Waals surface area contributed by atoms with Crippen molar-refractivity contribution in [1.82, 2.24) is 0 Å². The van der Waals surface area contributed by atoms with Crippen molar-refractivity contribution < 1.29 is 4.73 Å². The van der Waals surface area contributed by atoms with E-state index in [1.165, 1.54) is 0 Å². The zero-order chi connectivity index (χ0) is 12.5. The average molecular weight is 300 g/mol. The summed E-state index contributed by atoms with van der Waals surface area (Å²) in [4.78, 5) is 0. The molecule has 1 aromatic heterocycles. The molecule has 0 aliphatic rings. The Morgan fingerprint density at radius 3 is 2.39 bits per heavy atom. The lowest BCUT2D eigenvalue weighted by molar-refractivity contribution is -0.565. The Morgan fingerprint density at radius 1 is 0.833 bits per heavy atom. The van der Waals surface area contributed by atoms with Crippen molar-refractivity contribution in [2.75, 3.05) is 0 Å². The van der Waals surface area contributed by atoms with E-state index in [9.17, 15) is 5.21 Å². The van der Waals surface area contributed by atoms with E-state index in [1.807, 2.05) is 60.7 Å². The van der Waals surface area contributed by atoms with E-state index in [0.717, 1.165) is 20.2 Å². The van der Waals surface area contributed by atoms with E-state index < -0.39 is 0 Å². The molecule has 3 aromatic rings. The molecule has 2 aromatic carbocycles. The third kappa shape index (κ3) is 1.77. The van der Waals surface area contributed by atoms with Crippen molar-refractivity contribution in [1.29, 1.82) is 0 Å². The van der Waals surface area contributed by atoms with Crippen molar-refractivity contribution >= 4 is 26.8 Å². The van der Waals surface area contributed by atoms with Crippen LogP contribution in [0.1, 0.15) is 0 Å². The summed E-state index contributed by atoms with van der Waals surface area (Å²) in [5.41, 5.74) is 2.24.